The highest BCUT2D eigenvalue weighted by molar-refractivity contribution is 5.81. The van der Waals surface area contributed by atoms with E-state index in [4.69, 9.17) is 4.42 Å². The number of hydrogen-bond acceptors (Lipinski definition) is 5. The highest BCUT2D eigenvalue weighted by Gasteiger charge is 2.10. The van der Waals surface area contributed by atoms with Gasteiger partial charge in [0.05, 0.1) is 5.52 Å². The van der Waals surface area contributed by atoms with Crippen molar-refractivity contribution >= 4 is 22.0 Å². The summed E-state index contributed by atoms with van der Waals surface area (Å²) < 4.78 is 7.34. The van der Waals surface area contributed by atoms with Gasteiger partial charge in [0, 0.05) is 35.2 Å². The number of oxazole rings is 1. The predicted molar refractivity (Wildman–Crippen MR) is 89.7 cm³/mol. The molecule has 0 aliphatic rings. The molecule has 5 aromatic rings. The summed E-state index contributed by atoms with van der Waals surface area (Å²) in [5.41, 5.74) is 4.48. The Hall–Kier alpha value is -3.54. The van der Waals surface area contributed by atoms with Crippen LogP contribution in [0.5, 0.6) is 0 Å². The average molecular weight is 313 g/mol. The van der Waals surface area contributed by atoms with E-state index in [9.17, 15) is 0 Å². The second kappa shape index (κ2) is 4.99. The summed E-state index contributed by atoms with van der Waals surface area (Å²) in [5.74, 6) is 0.844. The Balaban J connectivity index is 1.67. The molecule has 0 fully saturated rings. The molecule has 5 rings (SSSR count). The van der Waals surface area contributed by atoms with Crippen molar-refractivity contribution in [2.75, 3.05) is 0 Å². The van der Waals surface area contributed by atoms with Crippen molar-refractivity contribution in [3.8, 4) is 17.1 Å². The Kier molecular flexibility index (Phi) is 2.69. The van der Waals surface area contributed by atoms with Gasteiger partial charge in [-0.15, -0.1) is 0 Å². The molecule has 0 N–H and O–H groups in total. The maximum Gasteiger partial charge on any atom is 0.181 e. The minimum Gasteiger partial charge on any atom is -0.443 e. The van der Waals surface area contributed by atoms with Gasteiger partial charge >= 0.3 is 0 Å². The van der Waals surface area contributed by atoms with E-state index in [1.807, 2.05) is 47.3 Å². The third-order valence-corrected chi connectivity index (χ3v) is 4.00. The molecule has 0 spiro atoms. The third kappa shape index (κ3) is 1.97. The van der Waals surface area contributed by atoms with Crippen LogP contribution >= 0.6 is 0 Å². The van der Waals surface area contributed by atoms with Crippen LogP contribution in [0.2, 0.25) is 0 Å². The molecule has 3 heterocycles. The van der Waals surface area contributed by atoms with Gasteiger partial charge in [0.25, 0.3) is 0 Å². The first-order valence-corrected chi connectivity index (χ1v) is 7.46. The van der Waals surface area contributed by atoms with Gasteiger partial charge in [-0.3, -0.25) is 4.57 Å². The highest BCUT2D eigenvalue weighted by Crippen LogP contribution is 2.26. The van der Waals surface area contributed by atoms with Crippen LogP contribution in [0.1, 0.15) is 0 Å². The number of imidazole rings is 1. The van der Waals surface area contributed by atoms with E-state index in [0.717, 1.165) is 39.1 Å². The molecule has 0 aliphatic heterocycles. The molecule has 0 amide bonds. The Morgan fingerprint density at radius 3 is 2.92 bits per heavy atom. The van der Waals surface area contributed by atoms with Gasteiger partial charge in [0.2, 0.25) is 0 Å². The van der Waals surface area contributed by atoms with Crippen molar-refractivity contribution < 1.29 is 4.42 Å². The van der Waals surface area contributed by atoms with Gasteiger partial charge in [-0.2, -0.15) is 0 Å². The van der Waals surface area contributed by atoms with Crippen LogP contribution in [-0.4, -0.2) is 24.5 Å². The van der Waals surface area contributed by atoms with Crippen molar-refractivity contribution in [2.24, 2.45) is 0 Å². The number of hydrogen-bond donors (Lipinski definition) is 0. The van der Waals surface area contributed by atoms with E-state index >= 15 is 0 Å². The normalized spacial score (nSPS) is 11.3. The summed E-state index contributed by atoms with van der Waals surface area (Å²) in [7, 11) is 0. The Morgan fingerprint density at radius 1 is 0.917 bits per heavy atom. The molecule has 0 unspecified atom stereocenters. The number of fused-ring (bicyclic) bond motifs is 2. The third-order valence-electron chi connectivity index (χ3n) is 4.00. The highest BCUT2D eigenvalue weighted by atomic mass is 16.3. The standard InChI is InChI=1S/C18H11N5O/c1-4-17-16(22-11-24-17)8-12(1)18-20-5-6-23(18)14-2-3-15-13(7-14)9-19-10-21-15/h1-11H. The fourth-order valence-corrected chi connectivity index (χ4v) is 2.84. The van der Waals surface area contributed by atoms with Crippen LogP contribution in [0.4, 0.5) is 0 Å². The average Bonchev–Trinajstić information content (AvgIpc) is 3.29. The van der Waals surface area contributed by atoms with E-state index in [1.54, 1.807) is 12.5 Å². The Bertz CT molecular complexity index is 1170. The SMILES string of the molecule is c1cn(-c2ccc3ncncc3c2)c(-c2ccc3ocnc3c2)n1. The topological polar surface area (TPSA) is 69.6 Å². The van der Waals surface area contributed by atoms with Gasteiger partial charge in [-0.05, 0) is 36.4 Å². The number of benzene rings is 2. The van der Waals surface area contributed by atoms with Crippen molar-refractivity contribution in [1.82, 2.24) is 24.5 Å². The lowest BCUT2D eigenvalue weighted by Crippen LogP contribution is -1.96. The Morgan fingerprint density at radius 2 is 1.92 bits per heavy atom. The first-order chi connectivity index (χ1) is 11.9. The lowest BCUT2D eigenvalue weighted by molar-refractivity contribution is 0.602. The van der Waals surface area contributed by atoms with Gasteiger partial charge < -0.3 is 4.42 Å². The second-order valence-electron chi connectivity index (χ2n) is 5.42. The lowest BCUT2D eigenvalue weighted by atomic mass is 10.1. The molecule has 0 saturated carbocycles. The molecular weight excluding hydrogens is 302 g/mol. The first-order valence-electron chi connectivity index (χ1n) is 7.46. The summed E-state index contributed by atoms with van der Waals surface area (Å²) in [6.07, 6.45) is 8.53. The van der Waals surface area contributed by atoms with Crippen LogP contribution in [0.15, 0.2) is 72.1 Å². The molecule has 0 radical (unpaired) electrons. The summed E-state index contributed by atoms with van der Waals surface area (Å²) >= 11 is 0. The molecule has 2 aromatic carbocycles. The molecule has 0 bridgehead atoms. The number of nitrogens with zero attached hydrogens (tertiary/aromatic N) is 5. The summed E-state index contributed by atoms with van der Waals surface area (Å²) in [4.78, 5) is 17.1. The van der Waals surface area contributed by atoms with Crippen LogP contribution in [0.25, 0.3) is 39.1 Å². The zero-order chi connectivity index (χ0) is 15.9. The molecular formula is C18H11N5O. The van der Waals surface area contributed by atoms with Crippen molar-refractivity contribution in [3.63, 3.8) is 0 Å². The smallest absolute Gasteiger partial charge is 0.181 e. The molecule has 24 heavy (non-hydrogen) atoms. The van der Waals surface area contributed by atoms with E-state index in [2.05, 4.69) is 26.0 Å². The van der Waals surface area contributed by atoms with Crippen LogP contribution in [-0.2, 0) is 0 Å². The molecule has 0 aliphatic carbocycles. The van der Waals surface area contributed by atoms with Crippen LogP contribution in [0.3, 0.4) is 0 Å². The molecule has 6 nitrogen and oxygen atoms in total. The molecule has 114 valence electrons. The summed E-state index contributed by atoms with van der Waals surface area (Å²) in [6.45, 7) is 0. The minimum atomic E-state index is 0.764. The first kappa shape index (κ1) is 13.0. The van der Waals surface area contributed by atoms with Gasteiger partial charge in [0.1, 0.15) is 17.7 Å². The van der Waals surface area contributed by atoms with Crippen molar-refractivity contribution in [2.45, 2.75) is 0 Å². The predicted octanol–water partition coefficient (Wildman–Crippen LogP) is 3.62. The zero-order valence-corrected chi connectivity index (χ0v) is 12.5. The fourth-order valence-electron chi connectivity index (χ4n) is 2.84. The molecule has 6 heteroatoms. The van der Waals surface area contributed by atoms with Crippen molar-refractivity contribution in [1.29, 1.82) is 0 Å². The largest absolute Gasteiger partial charge is 0.443 e. The van der Waals surface area contributed by atoms with Gasteiger partial charge in [0.15, 0.2) is 12.0 Å². The Labute approximate surface area is 136 Å². The minimum absolute atomic E-state index is 0.764. The molecule has 0 saturated heterocycles. The second-order valence-corrected chi connectivity index (χ2v) is 5.42. The monoisotopic (exact) mass is 313 g/mol. The summed E-state index contributed by atoms with van der Waals surface area (Å²) in [6, 6.07) is 11.9. The van der Waals surface area contributed by atoms with Crippen LogP contribution < -0.4 is 0 Å². The van der Waals surface area contributed by atoms with Crippen LogP contribution in [0, 0.1) is 0 Å². The summed E-state index contributed by atoms with van der Waals surface area (Å²) in [5, 5.41) is 0.988. The van der Waals surface area contributed by atoms with Gasteiger partial charge in [-0.1, -0.05) is 0 Å². The van der Waals surface area contributed by atoms with E-state index < -0.39 is 0 Å². The number of aromatic nitrogens is 5. The lowest BCUT2D eigenvalue weighted by Gasteiger charge is -2.09. The zero-order valence-electron chi connectivity index (χ0n) is 12.5. The maximum atomic E-state index is 5.30. The molecule has 3 aromatic heterocycles. The van der Waals surface area contributed by atoms with E-state index in [1.165, 1.54) is 6.39 Å². The maximum absolute atomic E-state index is 5.30. The van der Waals surface area contributed by atoms with E-state index in [-0.39, 0.29) is 0 Å². The van der Waals surface area contributed by atoms with Crippen molar-refractivity contribution in [3.05, 3.63) is 67.7 Å². The van der Waals surface area contributed by atoms with Gasteiger partial charge in [-0.25, -0.2) is 19.9 Å². The van der Waals surface area contributed by atoms with E-state index in [0.29, 0.717) is 0 Å². The quantitative estimate of drug-likeness (QED) is 0.498. The number of rotatable bonds is 2. The fraction of sp³-hybridized carbons (Fsp3) is 0. The molecule has 0 atom stereocenters.